The summed E-state index contributed by atoms with van der Waals surface area (Å²) in [5.74, 6) is -1.83. The summed E-state index contributed by atoms with van der Waals surface area (Å²) in [6.07, 6.45) is 4.14. The summed E-state index contributed by atoms with van der Waals surface area (Å²) in [5.41, 5.74) is 0.343. The van der Waals surface area contributed by atoms with Crippen molar-refractivity contribution in [3.63, 3.8) is 0 Å². The lowest BCUT2D eigenvalue weighted by Crippen LogP contribution is -2.28. The number of hydrogen-bond acceptors (Lipinski definition) is 3. The van der Waals surface area contributed by atoms with Crippen LogP contribution in [0.15, 0.2) is 36.8 Å². The number of halogens is 2. The molecule has 19 heavy (non-hydrogen) atoms. The summed E-state index contributed by atoms with van der Waals surface area (Å²) in [7, 11) is 0. The molecule has 0 fully saturated rings. The summed E-state index contributed by atoms with van der Waals surface area (Å²) in [4.78, 5) is 19.4. The van der Waals surface area contributed by atoms with Gasteiger partial charge in [0.25, 0.3) is 5.91 Å². The second-order valence-electron chi connectivity index (χ2n) is 3.95. The average Bonchev–Trinajstić information content (AvgIpc) is 2.39. The third-order valence-corrected chi connectivity index (χ3v) is 2.57. The van der Waals surface area contributed by atoms with Gasteiger partial charge in [-0.3, -0.25) is 9.78 Å². The summed E-state index contributed by atoms with van der Waals surface area (Å²) >= 11 is 0. The van der Waals surface area contributed by atoms with Crippen LogP contribution in [0.5, 0.6) is 0 Å². The zero-order valence-electron chi connectivity index (χ0n) is 10.1. The zero-order valence-corrected chi connectivity index (χ0v) is 10.1. The zero-order chi connectivity index (χ0) is 13.8. The molecule has 0 aliphatic heterocycles. The van der Waals surface area contributed by atoms with Crippen LogP contribution in [0.4, 0.5) is 8.78 Å². The SMILES string of the molecule is C[C@@H](NC(=O)c1cnccn1)c1ccc(F)cc1F. The molecule has 1 N–H and O–H groups in total. The van der Waals surface area contributed by atoms with E-state index < -0.39 is 23.6 Å². The largest absolute Gasteiger partial charge is 0.344 e. The van der Waals surface area contributed by atoms with Gasteiger partial charge in [0, 0.05) is 24.0 Å². The fourth-order valence-corrected chi connectivity index (χ4v) is 1.62. The lowest BCUT2D eigenvalue weighted by atomic mass is 10.1. The highest BCUT2D eigenvalue weighted by atomic mass is 19.1. The highest BCUT2D eigenvalue weighted by Crippen LogP contribution is 2.17. The maximum atomic E-state index is 13.5. The molecule has 4 nitrogen and oxygen atoms in total. The average molecular weight is 263 g/mol. The lowest BCUT2D eigenvalue weighted by Gasteiger charge is -2.14. The van der Waals surface area contributed by atoms with Gasteiger partial charge in [0.05, 0.1) is 12.2 Å². The molecule has 1 aromatic heterocycles. The quantitative estimate of drug-likeness (QED) is 0.924. The van der Waals surface area contributed by atoms with E-state index in [2.05, 4.69) is 15.3 Å². The fraction of sp³-hybridized carbons (Fsp3) is 0.154. The number of carbonyl (C=O) groups excluding carboxylic acids is 1. The molecule has 0 radical (unpaired) electrons. The molecule has 1 aromatic carbocycles. The van der Waals surface area contributed by atoms with Crippen LogP contribution in [0.1, 0.15) is 29.0 Å². The maximum Gasteiger partial charge on any atom is 0.271 e. The first-order valence-electron chi connectivity index (χ1n) is 5.60. The number of amides is 1. The molecule has 0 aliphatic carbocycles. The van der Waals surface area contributed by atoms with E-state index in [0.717, 1.165) is 12.1 Å². The highest BCUT2D eigenvalue weighted by Gasteiger charge is 2.15. The third kappa shape index (κ3) is 3.09. The Morgan fingerprint density at radius 1 is 1.32 bits per heavy atom. The lowest BCUT2D eigenvalue weighted by molar-refractivity contribution is 0.0934. The summed E-state index contributed by atoms with van der Waals surface area (Å²) in [6.45, 7) is 1.60. The molecule has 0 bridgehead atoms. The van der Waals surface area contributed by atoms with Gasteiger partial charge in [0.2, 0.25) is 0 Å². The van der Waals surface area contributed by atoms with E-state index in [1.54, 1.807) is 6.92 Å². The normalized spacial score (nSPS) is 11.9. The predicted octanol–water partition coefficient (Wildman–Crippen LogP) is 2.25. The number of hydrogen-bond donors (Lipinski definition) is 1. The topological polar surface area (TPSA) is 54.9 Å². The van der Waals surface area contributed by atoms with Gasteiger partial charge in [0.15, 0.2) is 0 Å². The molecule has 1 heterocycles. The van der Waals surface area contributed by atoms with Gasteiger partial charge in [-0.05, 0) is 13.0 Å². The van der Waals surface area contributed by atoms with Crippen molar-refractivity contribution in [2.75, 3.05) is 0 Å². The van der Waals surface area contributed by atoms with Crippen LogP contribution in [-0.4, -0.2) is 15.9 Å². The molecular formula is C13H11F2N3O. The number of aromatic nitrogens is 2. The molecule has 0 spiro atoms. The van der Waals surface area contributed by atoms with Crippen LogP contribution < -0.4 is 5.32 Å². The third-order valence-electron chi connectivity index (χ3n) is 2.57. The van der Waals surface area contributed by atoms with Crippen molar-refractivity contribution in [2.45, 2.75) is 13.0 Å². The minimum absolute atomic E-state index is 0.136. The number of benzene rings is 1. The van der Waals surface area contributed by atoms with Crippen molar-refractivity contribution in [2.24, 2.45) is 0 Å². The van der Waals surface area contributed by atoms with Gasteiger partial charge in [-0.1, -0.05) is 6.07 Å². The van der Waals surface area contributed by atoms with E-state index in [0.29, 0.717) is 0 Å². The van der Waals surface area contributed by atoms with Crippen molar-refractivity contribution >= 4 is 5.91 Å². The molecule has 2 rings (SSSR count). The standard InChI is InChI=1S/C13H11F2N3O/c1-8(10-3-2-9(14)6-11(10)15)18-13(19)12-7-16-4-5-17-12/h2-8H,1H3,(H,18,19)/t8-/m1/s1. The molecule has 1 atom stereocenters. The van der Waals surface area contributed by atoms with Gasteiger partial charge in [-0.15, -0.1) is 0 Å². The first-order chi connectivity index (χ1) is 9.08. The Labute approximate surface area is 108 Å². The van der Waals surface area contributed by atoms with Gasteiger partial charge in [-0.25, -0.2) is 13.8 Å². The van der Waals surface area contributed by atoms with E-state index in [9.17, 15) is 13.6 Å². The molecule has 1 amide bonds. The van der Waals surface area contributed by atoms with Crippen LogP contribution in [0, 0.1) is 11.6 Å². The van der Waals surface area contributed by atoms with Crippen molar-refractivity contribution in [1.82, 2.24) is 15.3 Å². The number of nitrogens with one attached hydrogen (secondary N) is 1. The van der Waals surface area contributed by atoms with Crippen LogP contribution in [-0.2, 0) is 0 Å². The highest BCUT2D eigenvalue weighted by molar-refractivity contribution is 5.92. The van der Waals surface area contributed by atoms with Crippen molar-refractivity contribution < 1.29 is 13.6 Å². The molecule has 2 aromatic rings. The Morgan fingerprint density at radius 2 is 2.11 bits per heavy atom. The van der Waals surface area contributed by atoms with E-state index >= 15 is 0 Å². The van der Waals surface area contributed by atoms with E-state index in [-0.39, 0.29) is 11.3 Å². The Hall–Kier alpha value is -2.37. The molecule has 0 saturated heterocycles. The van der Waals surface area contributed by atoms with Crippen molar-refractivity contribution in [3.8, 4) is 0 Å². The molecule has 0 unspecified atom stereocenters. The summed E-state index contributed by atoms with van der Waals surface area (Å²) in [5, 5.41) is 2.57. The van der Waals surface area contributed by atoms with Crippen LogP contribution in [0.3, 0.4) is 0 Å². The van der Waals surface area contributed by atoms with Crippen molar-refractivity contribution in [3.05, 3.63) is 59.7 Å². The van der Waals surface area contributed by atoms with Crippen LogP contribution in [0.2, 0.25) is 0 Å². The molecular weight excluding hydrogens is 252 g/mol. The second-order valence-corrected chi connectivity index (χ2v) is 3.95. The van der Waals surface area contributed by atoms with Gasteiger partial charge >= 0.3 is 0 Å². The molecule has 0 aliphatic rings. The Balaban J connectivity index is 2.13. The Bertz CT molecular complexity index is 590. The molecule has 0 saturated carbocycles. The van der Waals surface area contributed by atoms with Gasteiger partial charge < -0.3 is 5.32 Å². The van der Waals surface area contributed by atoms with Crippen LogP contribution in [0.25, 0.3) is 0 Å². The summed E-state index contributed by atoms with van der Waals surface area (Å²) < 4.78 is 26.3. The minimum atomic E-state index is -0.702. The number of nitrogens with zero attached hydrogens (tertiary/aromatic N) is 2. The second kappa shape index (κ2) is 5.51. The van der Waals surface area contributed by atoms with Crippen LogP contribution >= 0.6 is 0 Å². The van der Waals surface area contributed by atoms with Gasteiger partial charge in [0.1, 0.15) is 17.3 Å². The molecule has 98 valence electrons. The van der Waals surface area contributed by atoms with E-state index in [1.807, 2.05) is 0 Å². The first-order valence-corrected chi connectivity index (χ1v) is 5.60. The van der Waals surface area contributed by atoms with E-state index in [1.165, 1.54) is 24.7 Å². The Kier molecular flexibility index (Phi) is 3.79. The smallest absolute Gasteiger partial charge is 0.271 e. The monoisotopic (exact) mass is 263 g/mol. The van der Waals surface area contributed by atoms with Gasteiger partial charge in [-0.2, -0.15) is 0 Å². The molecule has 6 heteroatoms. The maximum absolute atomic E-state index is 13.5. The first kappa shape index (κ1) is 13.1. The number of rotatable bonds is 3. The minimum Gasteiger partial charge on any atom is -0.344 e. The van der Waals surface area contributed by atoms with E-state index in [4.69, 9.17) is 0 Å². The fourth-order valence-electron chi connectivity index (χ4n) is 1.62. The number of carbonyl (C=O) groups is 1. The Morgan fingerprint density at radius 3 is 2.74 bits per heavy atom. The van der Waals surface area contributed by atoms with Crippen molar-refractivity contribution in [1.29, 1.82) is 0 Å². The summed E-state index contributed by atoms with van der Waals surface area (Å²) in [6, 6.07) is 2.62. The predicted molar refractivity (Wildman–Crippen MR) is 64.3 cm³/mol.